The molecule has 0 aromatic heterocycles. The zero-order chi connectivity index (χ0) is 15.6. The van der Waals surface area contributed by atoms with Gasteiger partial charge in [0.2, 0.25) is 0 Å². The molecule has 0 aliphatic heterocycles. The van der Waals surface area contributed by atoms with Crippen LogP contribution in [-0.2, 0) is 9.59 Å². The summed E-state index contributed by atoms with van der Waals surface area (Å²) in [5.41, 5.74) is 3.69. The number of allylic oxidation sites excluding steroid dienone is 2. The van der Waals surface area contributed by atoms with E-state index in [1.165, 1.54) is 6.08 Å². The monoisotopic (exact) mass is 287 g/mol. The van der Waals surface area contributed by atoms with Gasteiger partial charge in [-0.2, -0.15) is 0 Å². The van der Waals surface area contributed by atoms with Gasteiger partial charge in [0.1, 0.15) is 0 Å². The SMILES string of the molecule is Cc1ccc(C)c(NC2=C(C(=O)O)CC=C(C(=O)O)C2)c1. The molecule has 110 valence electrons. The number of aryl methyl sites for hydroxylation is 2. The van der Waals surface area contributed by atoms with Crippen molar-refractivity contribution in [3.05, 3.63) is 52.2 Å². The van der Waals surface area contributed by atoms with E-state index in [4.69, 9.17) is 5.11 Å². The predicted octanol–water partition coefficient (Wildman–Crippen LogP) is 2.86. The first-order valence-electron chi connectivity index (χ1n) is 6.60. The van der Waals surface area contributed by atoms with Gasteiger partial charge in [0, 0.05) is 29.8 Å². The molecular formula is C16H17NO4. The Morgan fingerprint density at radius 1 is 1.14 bits per heavy atom. The van der Waals surface area contributed by atoms with Crippen LogP contribution in [0, 0.1) is 13.8 Å². The van der Waals surface area contributed by atoms with Gasteiger partial charge in [-0.15, -0.1) is 0 Å². The first kappa shape index (κ1) is 14.8. The minimum atomic E-state index is -1.02. The Balaban J connectivity index is 2.35. The van der Waals surface area contributed by atoms with Gasteiger partial charge >= 0.3 is 11.9 Å². The lowest BCUT2D eigenvalue weighted by Gasteiger charge is -2.20. The third kappa shape index (κ3) is 3.31. The van der Waals surface area contributed by atoms with Gasteiger partial charge in [0.05, 0.1) is 5.57 Å². The largest absolute Gasteiger partial charge is 0.478 e. The van der Waals surface area contributed by atoms with Crippen molar-refractivity contribution in [1.29, 1.82) is 0 Å². The van der Waals surface area contributed by atoms with Crippen LogP contribution in [0.4, 0.5) is 5.69 Å². The zero-order valence-corrected chi connectivity index (χ0v) is 11.9. The zero-order valence-electron chi connectivity index (χ0n) is 11.9. The number of rotatable bonds is 4. The van der Waals surface area contributed by atoms with Gasteiger partial charge in [-0.25, -0.2) is 9.59 Å². The molecule has 1 aromatic rings. The molecule has 0 unspecified atom stereocenters. The third-order valence-corrected chi connectivity index (χ3v) is 3.50. The minimum Gasteiger partial charge on any atom is -0.478 e. The van der Waals surface area contributed by atoms with Crippen LogP contribution in [0.25, 0.3) is 0 Å². The van der Waals surface area contributed by atoms with Crippen LogP contribution in [0.5, 0.6) is 0 Å². The molecule has 0 bridgehead atoms. The van der Waals surface area contributed by atoms with Crippen LogP contribution in [0.3, 0.4) is 0 Å². The summed E-state index contributed by atoms with van der Waals surface area (Å²) in [5, 5.41) is 21.4. The van der Waals surface area contributed by atoms with Crippen molar-refractivity contribution in [3.8, 4) is 0 Å². The highest BCUT2D eigenvalue weighted by atomic mass is 16.4. The quantitative estimate of drug-likeness (QED) is 0.792. The Bertz CT molecular complexity index is 671. The minimum absolute atomic E-state index is 0.0876. The number of anilines is 1. The van der Waals surface area contributed by atoms with E-state index in [0.717, 1.165) is 16.8 Å². The van der Waals surface area contributed by atoms with E-state index in [1.807, 2.05) is 32.0 Å². The summed E-state index contributed by atoms with van der Waals surface area (Å²) in [6, 6.07) is 5.83. The molecule has 0 spiro atoms. The predicted molar refractivity (Wildman–Crippen MR) is 79.2 cm³/mol. The van der Waals surface area contributed by atoms with Crippen molar-refractivity contribution in [2.75, 3.05) is 5.32 Å². The number of benzene rings is 1. The van der Waals surface area contributed by atoms with Gasteiger partial charge in [0.25, 0.3) is 0 Å². The van der Waals surface area contributed by atoms with Crippen LogP contribution in [0.2, 0.25) is 0 Å². The summed E-state index contributed by atoms with van der Waals surface area (Å²) >= 11 is 0. The molecule has 0 amide bonds. The third-order valence-electron chi connectivity index (χ3n) is 3.50. The molecule has 0 saturated carbocycles. The van der Waals surface area contributed by atoms with Crippen LogP contribution in [-0.4, -0.2) is 22.2 Å². The number of aliphatic carboxylic acids is 2. The highest BCUT2D eigenvalue weighted by Crippen LogP contribution is 2.28. The summed E-state index contributed by atoms with van der Waals surface area (Å²) in [5.74, 6) is -2.04. The maximum Gasteiger partial charge on any atom is 0.333 e. The first-order valence-corrected chi connectivity index (χ1v) is 6.60. The van der Waals surface area contributed by atoms with Gasteiger partial charge in [-0.3, -0.25) is 0 Å². The average Bonchev–Trinajstić information content (AvgIpc) is 2.42. The van der Waals surface area contributed by atoms with E-state index in [2.05, 4.69) is 5.32 Å². The fraction of sp³-hybridized carbons (Fsp3) is 0.250. The molecule has 1 aliphatic carbocycles. The second kappa shape index (κ2) is 5.83. The smallest absolute Gasteiger partial charge is 0.333 e. The molecule has 1 aromatic carbocycles. The Labute approximate surface area is 122 Å². The van der Waals surface area contributed by atoms with Crippen LogP contribution >= 0.6 is 0 Å². The number of hydrogen-bond acceptors (Lipinski definition) is 3. The fourth-order valence-electron chi connectivity index (χ4n) is 2.25. The van der Waals surface area contributed by atoms with Gasteiger partial charge in [-0.1, -0.05) is 18.2 Å². The summed E-state index contributed by atoms with van der Waals surface area (Å²) in [6.07, 6.45) is 1.66. The van der Waals surface area contributed by atoms with Crippen molar-refractivity contribution >= 4 is 17.6 Å². The highest BCUT2D eigenvalue weighted by Gasteiger charge is 2.22. The van der Waals surface area contributed by atoms with Crippen molar-refractivity contribution in [1.82, 2.24) is 0 Å². The van der Waals surface area contributed by atoms with E-state index in [-0.39, 0.29) is 24.0 Å². The second-order valence-electron chi connectivity index (χ2n) is 5.12. The summed E-state index contributed by atoms with van der Waals surface area (Å²) < 4.78 is 0. The molecule has 2 rings (SSSR count). The maximum atomic E-state index is 11.3. The van der Waals surface area contributed by atoms with Gasteiger partial charge in [0.15, 0.2) is 0 Å². The van der Waals surface area contributed by atoms with E-state index in [1.54, 1.807) is 0 Å². The van der Waals surface area contributed by atoms with Gasteiger partial charge < -0.3 is 15.5 Å². The fourth-order valence-corrected chi connectivity index (χ4v) is 2.25. The lowest BCUT2D eigenvalue weighted by atomic mass is 9.95. The second-order valence-corrected chi connectivity index (χ2v) is 5.12. The molecule has 0 heterocycles. The van der Waals surface area contributed by atoms with Crippen molar-refractivity contribution in [2.45, 2.75) is 26.7 Å². The number of carboxylic acids is 2. The lowest BCUT2D eigenvalue weighted by molar-refractivity contribution is -0.134. The topological polar surface area (TPSA) is 86.6 Å². The Morgan fingerprint density at radius 3 is 2.48 bits per heavy atom. The Hall–Kier alpha value is -2.56. The first-order chi connectivity index (χ1) is 9.88. The van der Waals surface area contributed by atoms with Crippen molar-refractivity contribution in [3.63, 3.8) is 0 Å². The molecule has 0 fully saturated rings. The standard InChI is InChI=1S/C16H17NO4/c1-9-3-4-10(2)13(7-9)17-14-8-11(15(18)19)5-6-12(14)16(20)21/h3-5,7,17H,6,8H2,1-2H3,(H,18,19)(H,20,21). The van der Waals surface area contributed by atoms with E-state index < -0.39 is 11.9 Å². The lowest BCUT2D eigenvalue weighted by Crippen LogP contribution is -2.17. The molecule has 0 saturated heterocycles. The summed E-state index contributed by atoms with van der Waals surface area (Å²) in [6.45, 7) is 3.86. The van der Waals surface area contributed by atoms with Crippen LogP contribution in [0.1, 0.15) is 24.0 Å². The molecular weight excluding hydrogens is 270 g/mol. The molecule has 1 aliphatic rings. The van der Waals surface area contributed by atoms with Crippen molar-refractivity contribution < 1.29 is 19.8 Å². The van der Waals surface area contributed by atoms with Crippen molar-refractivity contribution in [2.24, 2.45) is 0 Å². The molecule has 5 nitrogen and oxygen atoms in total. The maximum absolute atomic E-state index is 11.3. The molecule has 0 atom stereocenters. The van der Waals surface area contributed by atoms with E-state index in [0.29, 0.717) is 5.70 Å². The molecule has 5 heteroatoms. The summed E-state index contributed by atoms with van der Waals surface area (Å²) in [4.78, 5) is 22.4. The normalized spacial score (nSPS) is 14.7. The summed E-state index contributed by atoms with van der Waals surface area (Å²) in [7, 11) is 0. The van der Waals surface area contributed by atoms with E-state index >= 15 is 0 Å². The number of carboxylic acid groups (broad SMARTS) is 2. The van der Waals surface area contributed by atoms with Gasteiger partial charge in [-0.05, 0) is 31.0 Å². The van der Waals surface area contributed by atoms with E-state index in [9.17, 15) is 14.7 Å². The molecule has 3 N–H and O–H groups in total. The molecule has 0 radical (unpaired) electrons. The number of carbonyl (C=O) groups is 2. The molecule has 21 heavy (non-hydrogen) atoms. The number of hydrogen-bond donors (Lipinski definition) is 3. The highest BCUT2D eigenvalue weighted by molar-refractivity contribution is 5.93. The average molecular weight is 287 g/mol. The van der Waals surface area contributed by atoms with Crippen LogP contribution in [0.15, 0.2) is 41.1 Å². The number of nitrogens with one attached hydrogen (secondary N) is 1. The Morgan fingerprint density at radius 2 is 1.86 bits per heavy atom. The van der Waals surface area contributed by atoms with Crippen LogP contribution < -0.4 is 5.32 Å². The Kier molecular flexibility index (Phi) is 4.12.